The Balaban J connectivity index is 1.71. The molecular weight excluding hydrogens is 374 g/mol. The molecule has 2 aromatic heterocycles. The Morgan fingerprint density at radius 1 is 0.933 bits per heavy atom. The molecule has 0 saturated carbocycles. The fraction of sp³-hybridized carbons (Fsp3) is 0.250. The van der Waals surface area contributed by atoms with Gasteiger partial charge in [0.2, 0.25) is 0 Å². The highest BCUT2D eigenvalue weighted by atomic mass is 16.5. The minimum atomic E-state index is 0.610. The van der Waals surface area contributed by atoms with Crippen molar-refractivity contribution >= 4 is 23.3 Å². The van der Waals surface area contributed by atoms with Crippen LogP contribution in [0.5, 0.6) is 5.75 Å². The minimum absolute atomic E-state index is 0.610. The second-order valence-corrected chi connectivity index (χ2v) is 7.34. The number of fused-ring (bicyclic) bond motifs is 1. The molecule has 0 radical (unpaired) electrons. The largest absolute Gasteiger partial charge is 0.494 e. The zero-order chi connectivity index (χ0) is 20.9. The average molecular weight is 399 g/mol. The first-order valence-corrected chi connectivity index (χ1v) is 10.2. The third-order valence-electron chi connectivity index (χ3n) is 4.75. The van der Waals surface area contributed by atoms with Crippen LogP contribution in [-0.4, -0.2) is 28.2 Å². The Kier molecular flexibility index (Phi) is 5.84. The number of ether oxygens (including phenoxy) is 1. The van der Waals surface area contributed by atoms with Crippen molar-refractivity contribution < 1.29 is 4.74 Å². The van der Waals surface area contributed by atoms with Crippen molar-refractivity contribution in [3.05, 3.63) is 77.1 Å². The molecule has 0 amide bonds. The van der Waals surface area contributed by atoms with Crippen molar-refractivity contribution in [2.24, 2.45) is 9.98 Å². The van der Waals surface area contributed by atoms with E-state index in [1.807, 2.05) is 56.3 Å². The average Bonchev–Trinajstić information content (AvgIpc) is 3.05. The van der Waals surface area contributed by atoms with E-state index < -0.39 is 0 Å². The lowest BCUT2D eigenvalue weighted by molar-refractivity contribution is 0.309. The number of rotatable bonds is 6. The van der Waals surface area contributed by atoms with Crippen LogP contribution in [-0.2, 0) is 0 Å². The summed E-state index contributed by atoms with van der Waals surface area (Å²) in [7, 11) is 0. The first kappa shape index (κ1) is 19.8. The molecule has 1 aromatic carbocycles. The Labute approximate surface area is 176 Å². The summed E-state index contributed by atoms with van der Waals surface area (Å²) in [4.78, 5) is 18.2. The molecule has 0 fully saturated rings. The lowest BCUT2D eigenvalue weighted by Gasteiger charge is -2.09. The van der Waals surface area contributed by atoms with E-state index in [0.717, 1.165) is 52.5 Å². The third-order valence-corrected chi connectivity index (χ3v) is 4.75. The van der Waals surface area contributed by atoms with Gasteiger partial charge in [-0.05, 0) is 73.9 Å². The molecule has 152 valence electrons. The maximum atomic E-state index is 5.90. The lowest BCUT2D eigenvalue weighted by atomic mass is 10.1. The molecule has 3 aromatic rings. The summed E-state index contributed by atoms with van der Waals surface area (Å²) in [6.07, 6.45) is 5.66. The Morgan fingerprint density at radius 3 is 2.50 bits per heavy atom. The van der Waals surface area contributed by atoms with Crippen molar-refractivity contribution in [2.75, 3.05) is 11.9 Å². The predicted molar refractivity (Wildman–Crippen MR) is 121 cm³/mol. The zero-order valence-corrected chi connectivity index (χ0v) is 17.5. The normalized spacial score (nSPS) is 13.8. The number of hydrogen-bond acceptors (Lipinski definition) is 5. The molecule has 1 N–H and O–H groups in total. The van der Waals surface area contributed by atoms with Crippen LogP contribution < -0.4 is 10.1 Å². The second-order valence-electron chi connectivity index (χ2n) is 7.34. The molecule has 0 spiro atoms. The molecule has 6 nitrogen and oxygen atoms in total. The first-order valence-electron chi connectivity index (χ1n) is 10.2. The van der Waals surface area contributed by atoms with E-state index in [2.05, 4.69) is 22.2 Å². The summed E-state index contributed by atoms with van der Waals surface area (Å²) in [6, 6.07) is 13.8. The highest BCUT2D eigenvalue weighted by Gasteiger charge is 2.23. The van der Waals surface area contributed by atoms with Crippen molar-refractivity contribution in [3.63, 3.8) is 0 Å². The number of aryl methyl sites for hydroxylation is 2. The topological polar surface area (TPSA) is 71.8 Å². The van der Waals surface area contributed by atoms with Crippen LogP contribution in [0.3, 0.4) is 0 Å². The molecule has 1 aliphatic heterocycles. The van der Waals surface area contributed by atoms with Gasteiger partial charge in [-0.3, -0.25) is 0 Å². The van der Waals surface area contributed by atoms with Gasteiger partial charge in [0.25, 0.3) is 0 Å². The Morgan fingerprint density at radius 2 is 1.73 bits per heavy atom. The van der Waals surface area contributed by atoms with E-state index in [1.54, 1.807) is 12.4 Å². The van der Waals surface area contributed by atoms with Gasteiger partial charge in [0.05, 0.1) is 6.61 Å². The fourth-order valence-electron chi connectivity index (χ4n) is 3.16. The number of nitrogens with zero attached hydrogens (tertiary/aromatic N) is 4. The molecule has 0 unspecified atom stereocenters. The van der Waals surface area contributed by atoms with Gasteiger partial charge in [0.1, 0.15) is 17.4 Å². The van der Waals surface area contributed by atoms with Crippen LogP contribution in [0.15, 0.2) is 64.8 Å². The van der Waals surface area contributed by atoms with E-state index in [0.29, 0.717) is 18.3 Å². The van der Waals surface area contributed by atoms with Gasteiger partial charge in [0, 0.05) is 23.5 Å². The van der Waals surface area contributed by atoms with Gasteiger partial charge >= 0.3 is 0 Å². The molecule has 0 atom stereocenters. The highest BCUT2D eigenvalue weighted by Crippen LogP contribution is 2.27. The maximum absolute atomic E-state index is 5.90. The van der Waals surface area contributed by atoms with Crippen LogP contribution in [0.2, 0.25) is 0 Å². The summed E-state index contributed by atoms with van der Waals surface area (Å²) in [5.41, 5.74) is 4.12. The van der Waals surface area contributed by atoms with Gasteiger partial charge < -0.3 is 10.1 Å². The quantitative estimate of drug-likeness (QED) is 0.577. The van der Waals surface area contributed by atoms with E-state index in [9.17, 15) is 0 Å². The number of amidine groups is 2. The van der Waals surface area contributed by atoms with Crippen LogP contribution in [0.25, 0.3) is 0 Å². The van der Waals surface area contributed by atoms with Gasteiger partial charge in [-0.25, -0.2) is 20.0 Å². The summed E-state index contributed by atoms with van der Waals surface area (Å²) in [5, 5.41) is 3.33. The fourth-order valence-corrected chi connectivity index (χ4v) is 3.16. The molecule has 30 heavy (non-hydrogen) atoms. The van der Waals surface area contributed by atoms with E-state index in [-0.39, 0.29) is 0 Å². The highest BCUT2D eigenvalue weighted by molar-refractivity contribution is 6.26. The molecular formula is C24H25N5O. The smallest absolute Gasteiger partial charge is 0.164 e. The van der Waals surface area contributed by atoms with E-state index in [1.165, 1.54) is 0 Å². The van der Waals surface area contributed by atoms with Crippen molar-refractivity contribution in [1.29, 1.82) is 0 Å². The minimum Gasteiger partial charge on any atom is -0.494 e. The Hall–Kier alpha value is -3.54. The molecule has 0 saturated heterocycles. The lowest BCUT2D eigenvalue weighted by Crippen LogP contribution is -2.12. The summed E-state index contributed by atoms with van der Waals surface area (Å²) in [6.45, 7) is 6.90. The molecule has 6 heteroatoms. The predicted octanol–water partition coefficient (Wildman–Crippen LogP) is 5.22. The molecule has 4 rings (SSSR count). The zero-order valence-electron chi connectivity index (χ0n) is 17.5. The number of nitrogens with one attached hydrogen (secondary N) is 1. The van der Waals surface area contributed by atoms with Gasteiger partial charge in [-0.2, -0.15) is 0 Å². The van der Waals surface area contributed by atoms with Crippen molar-refractivity contribution in [1.82, 2.24) is 9.97 Å². The SMILES string of the molecule is CCCCOc1ccc2c(c1)C(=Nc1cc(C)ccn1)N=C2Nc1cc(C)ccn1. The van der Waals surface area contributed by atoms with Gasteiger partial charge in [-0.1, -0.05) is 13.3 Å². The molecule has 1 aliphatic rings. The first-order chi connectivity index (χ1) is 14.6. The number of aromatic nitrogens is 2. The number of hydrogen-bond donors (Lipinski definition) is 1. The number of pyridine rings is 2. The van der Waals surface area contributed by atoms with Gasteiger partial charge in [0.15, 0.2) is 11.7 Å². The monoisotopic (exact) mass is 399 g/mol. The van der Waals surface area contributed by atoms with E-state index >= 15 is 0 Å². The standard InChI is InChI=1S/C24H25N5O/c1-4-5-12-30-18-6-7-19-20(15-18)24(28-22-14-17(3)9-11-26-22)29-23(19)27-21-13-16(2)8-10-25-21/h6-11,13-15H,4-5,12H2,1-3H3,(H,25,26,27,28,29). The number of aliphatic imine (C=N–C) groups is 2. The van der Waals surface area contributed by atoms with Crippen LogP contribution in [0, 0.1) is 13.8 Å². The number of benzene rings is 1. The summed E-state index contributed by atoms with van der Waals surface area (Å²) >= 11 is 0. The van der Waals surface area contributed by atoms with Crippen molar-refractivity contribution in [3.8, 4) is 5.75 Å². The van der Waals surface area contributed by atoms with Crippen molar-refractivity contribution in [2.45, 2.75) is 33.6 Å². The maximum Gasteiger partial charge on any atom is 0.164 e. The summed E-state index contributed by atoms with van der Waals surface area (Å²) < 4.78 is 5.90. The third kappa shape index (κ3) is 4.54. The second kappa shape index (κ2) is 8.86. The number of unbranched alkanes of at least 4 members (excludes halogenated alkanes) is 1. The number of anilines is 1. The van der Waals surface area contributed by atoms with Gasteiger partial charge in [-0.15, -0.1) is 0 Å². The molecule has 0 bridgehead atoms. The molecule has 0 aliphatic carbocycles. The van der Waals surface area contributed by atoms with E-state index in [4.69, 9.17) is 14.7 Å². The molecule has 3 heterocycles. The summed E-state index contributed by atoms with van der Waals surface area (Å²) in [5.74, 6) is 3.52. The van der Waals surface area contributed by atoms with Crippen LogP contribution in [0.4, 0.5) is 11.6 Å². The Bertz CT molecular complexity index is 1120. The van der Waals surface area contributed by atoms with Crippen LogP contribution in [0.1, 0.15) is 42.0 Å². The van der Waals surface area contributed by atoms with Crippen LogP contribution >= 0.6 is 0 Å².